The van der Waals surface area contributed by atoms with Crippen LogP contribution in [0.4, 0.5) is 0 Å². The van der Waals surface area contributed by atoms with Crippen molar-refractivity contribution >= 4 is 94.1 Å². The first-order valence-corrected chi connectivity index (χ1v) is 16.9. The quantitative estimate of drug-likeness (QED) is 0.366. The van der Waals surface area contributed by atoms with Gasteiger partial charge in [-0.25, -0.2) is 0 Å². The summed E-state index contributed by atoms with van der Waals surface area (Å²) < 4.78 is 8.74. The molecule has 0 unspecified atom stereocenters. The summed E-state index contributed by atoms with van der Waals surface area (Å²) in [6, 6.07) is 18.2. The van der Waals surface area contributed by atoms with Gasteiger partial charge in [0.15, 0.2) is 0 Å². The molecule has 7 rings (SSSR count). The summed E-state index contributed by atoms with van der Waals surface area (Å²) >= 11 is 15.6. The van der Waals surface area contributed by atoms with Crippen molar-refractivity contribution in [3.8, 4) is 11.1 Å². The Morgan fingerprint density at radius 2 is 0.933 bits per heavy atom. The van der Waals surface area contributed by atoms with Gasteiger partial charge >= 0.3 is 0 Å². The molecule has 0 saturated carbocycles. The number of benzene rings is 2. The van der Waals surface area contributed by atoms with Gasteiger partial charge in [-0.1, -0.05) is 95.6 Å². The number of rotatable bonds is 2. The Balaban J connectivity index is 1.50. The van der Waals surface area contributed by atoms with Crippen LogP contribution in [0.15, 0.2) is 74.0 Å². The number of hydrogen-bond donors (Lipinski definition) is 0. The molecule has 8 bridgehead atoms. The van der Waals surface area contributed by atoms with Crippen molar-refractivity contribution in [2.75, 3.05) is 12.5 Å². The van der Waals surface area contributed by atoms with Crippen LogP contribution in [0.5, 0.6) is 0 Å². The Morgan fingerprint density at radius 1 is 0.533 bits per heavy atom. The molecule has 0 aliphatic carbocycles. The SMILES string of the molecule is CSC1=C2SCc3ccc(cc3)-c3ccc(cc3)CSC3=C(SC)SC(=C(S1)S2)S3. The normalized spacial score (nSPS) is 19.1. The summed E-state index contributed by atoms with van der Waals surface area (Å²) in [5.74, 6) is 2.04. The van der Waals surface area contributed by atoms with E-state index in [1.54, 1.807) is 0 Å². The van der Waals surface area contributed by atoms with E-state index in [1.165, 1.54) is 47.7 Å². The van der Waals surface area contributed by atoms with Gasteiger partial charge in [0.1, 0.15) is 0 Å². The fourth-order valence-corrected chi connectivity index (χ4v) is 14.1. The van der Waals surface area contributed by atoms with Crippen LogP contribution in [-0.4, -0.2) is 12.5 Å². The van der Waals surface area contributed by atoms with Crippen LogP contribution in [0, 0.1) is 0 Å². The summed E-state index contributed by atoms with van der Waals surface area (Å²) in [5, 5.41) is 0. The molecule has 0 aromatic heterocycles. The van der Waals surface area contributed by atoms with Gasteiger partial charge in [0, 0.05) is 11.5 Å². The fourth-order valence-electron chi connectivity index (χ4n) is 3.02. The minimum absolute atomic E-state index is 1.02. The highest BCUT2D eigenvalue weighted by Crippen LogP contribution is 2.66. The molecule has 0 amide bonds. The molecule has 0 spiro atoms. The second kappa shape index (κ2) is 10.2. The molecule has 5 aliphatic rings. The molecule has 2 aromatic rings. The summed E-state index contributed by atoms with van der Waals surface area (Å²) in [5.41, 5.74) is 5.36. The lowest BCUT2D eigenvalue weighted by Crippen LogP contribution is -1.85. The van der Waals surface area contributed by atoms with E-state index in [-0.39, 0.29) is 0 Å². The molecule has 2 aromatic carbocycles. The van der Waals surface area contributed by atoms with E-state index >= 15 is 0 Å². The fraction of sp³-hybridized carbons (Fsp3) is 0.182. The van der Waals surface area contributed by atoms with Crippen molar-refractivity contribution < 1.29 is 0 Å². The van der Waals surface area contributed by atoms with Crippen LogP contribution in [-0.2, 0) is 11.5 Å². The molecule has 154 valence electrons. The lowest BCUT2D eigenvalue weighted by molar-refractivity contribution is 1.40. The van der Waals surface area contributed by atoms with Crippen LogP contribution in [0.3, 0.4) is 0 Å². The molecule has 30 heavy (non-hydrogen) atoms. The van der Waals surface area contributed by atoms with Gasteiger partial charge in [-0.2, -0.15) is 0 Å². The average molecular weight is 539 g/mol. The Bertz CT molecular complexity index is 962. The zero-order chi connectivity index (χ0) is 20.5. The van der Waals surface area contributed by atoms with E-state index in [4.69, 9.17) is 0 Å². The largest absolute Gasteiger partial charge is 0.121 e. The van der Waals surface area contributed by atoms with E-state index < -0.39 is 0 Å². The number of hydrogen-bond acceptors (Lipinski definition) is 8. The Hall–Kier alpha value is 0.460. The van der Waals surface area contributed by atoms with Crippen molar-refractivity contribution in [2.45, 2.75) is 11.5 Å². The summed E-state index contributed by atoms with van der Waals surface area (Å²) in [7, 11) is 0. The third-order valence-corrected chi connectivity index (χ3v) is 16.0. The van der Waals surface area contributed by atoms with Crippen molar-refractivity contribution in [3.05, 3.63) is 85.1 Å². The van der Waals surface area contributed by atoms with E-state index in [1.807, 2.05) is 94.1 Å². The maximum Gasteiger partial charge on any atom is 0.0717 e. The lowest BCUT2D eigenvalue weighted by Gasteiger charge is -2.08. The van der Waals surface area contributed by atoms with Crippen LogP contribution in [0.2, 0.25) is 0 Å². The first-order valence-electron chi connectivity index (χ1n) is 9.19. The molecular formula is C22H18S8. The monoisotopic (exact) mass is 538 g/mol. The highest BCUT2D eigenvalue weighted by molar-refractivity contribution is 8.44. The highest BCUT2D eigenvalue weighted by atomic mass is 32.3. The number of fused-ring (bicyclic) bond motifs is 2. The molecule has 5 heterocycles. The van der Waals surface area contributed by atoms with Gasteiger partial charge in [0.25, 0.3) is 0 Å². The van der Waals surface area contributed by atoms with E-state index in [0.29, 0.717) is 0 Å². The molecule has 5 aliphatic heterocycles. The zero-order valence-corrected chi connectivity index (χ0v) is 22.8. The summed E-state index contributed by atoms with van der Waals surface area (Å²) in [6.45, 7) is 0. The maximum absolute atomic E-state index is 2.28. The molecule has 0 saturated heterocycles. The van der Waals surface area contributed by atoms with Crippen LogP contribution in [0.25, 0.3) is 11.1 Å². The van der Waals surface area contributed by atoms with Gasteiger partial charge in [-0.3, -0.25) is 0 Å². The smallest absolute Gasteiger partial charge is 0.0717 e. The average Bonchev–Trinajstić information content (AvgIpc) is 3.40. The third kappa shape index (κ3) is 4.86. The minimum Gasteiger partial charge on any atom is -0.121 e. The predicted octanol–water partition coefficient (Wildman–Crippen LogP) is 9.90. The van der Waals surface area contributed by atoms with Crippen LogP contribution in [0.1, 0.15) is 11.1 Å². The first-order chi connectivity index (χ1) is 14.7. The molecular weight excluding hydrogens is 521 g/mol. The van der Waals surface area contributed by atoms with Crippen LogP contribution >= 0.6 is 94.1 Å². The van der Waals surface area contributed by atoms with Gasteiger partial charge < -0.3 is 0 Å². The van der Waals surface area contributed by atoms with E-state index in [2.05, 4.69) is 61.0 Å². The highest BCUT2D eigenvalue weighted by Gasteiger charge is 2.30. The Morgan fingerprint density at radius 3 is 1.30 bits per heavy atom. The zero-order valence-electron chi connectivity index (χ0n) is 16.3. The van der Waals surface area contributed by atoms with Crippen molar-refractivity contribution in [3.63, 3.8) is 0 Å². The van der Waals surface area contributed by atoms with Crippen LogP contribution < -0.4 is 0 Å². The molecule has 8 heteroatoms. The topological polar surface area (TPSA) is 0 Å². The molecule has 0 nitrogen and oxygen atoms in total. The summed E-state index contributed by atoms with van der Waals surface area (Å²) in [6.07, 6.45) is 4.40. The molecule has 0 N–H and O–H groups in total. The molecule has 0 radical (unpaired) electrons. The number of thioether (sulfide) groups is 8. The van der Waals surface area contributed by atoms with Gasteiger partial charge in [0.2, 0.25) is 0 Å². The second-order valence-electron chi connectivity index (χ2n) is 6.51. The Labute approximate surface area is 212 Å². The minimum atomic E-state index is 1.02. The van der Waals surface area contributed by atoms with Gasteiger partial charge in [-0.15, -0.1) is 47.0 Å². The van der Waals surface area contributed by atoms with E-state index in [9.17, 15) is 0 Å². The predicted molar refractivity (Wildman–Crippen MR) is 153 cm³/mol. The Kier molecular flexibility index (Phi) is 7.54. The lowest BCUT2D eigenvalue weighted by atomic mass is 10.0. The molecule has 0 atom stereocenters. The standard InChI is InChI=1S/C22H18S8/c1-23-17-19-25-11-13-3-7-15(8-4-13)16-9-5-14(6-10-16)12-26-20-18(24-2)28-22(30-20)21(27-17)29-19/h3-10H,11-12H2,1-2H3. The van der Waals surface area contributed by atoms with Crippen molar-refractivity contribution in [1.82, 2.24) is 0 Å². The van der Waals surface area contributed by atoms with E-state index in [0.717, 1.165) is 11.5 Å². The van der Waals surface area contributed by atoms with Crippen molar-refractivity contribution in [2.24, 2.45) is 0 Å². The van der Waals surface area contributed by atoms with Gasteiger partial charge in [-0.05, 0) is 34.8 Å². The summed E-state index contributed by atoms with van der Waals surface area (Å²) in [4.78, 5) is 0. The third-order valence-electron chi connectivity index (χ3n) is 4.59. The maximum atomic E-state index is 2.28. The first kappa shape index (κ1) is 22.3. The second-order valence-corrected chi connectivity index (χ2v) is 15.7. The van der Waals surface area contributed by atoms with Crippen molar-refractivity contribution in [1.29, 1.82) is 0 Å². The van der Waals surface area contributed by atoms with Gasteiger partial charge in [0.05, 0.1) is 25.4 Å². The molecule has 0 fully saturated rings.